The standard InChI is InChI=1S/C13H5F6NO3/c14-7-1-2-11(10(5-7)20(21)22)23-12-8(15)3-6(4-9(12)16)13(17,18)19/h1-5H. The first kappa shape index (κ1) is 16.6. The molecule has 10 heteroatoms. The molecular formula is C13H5F6NO3. The lowest BCUT2D eigenvalue weighted by atomic mass is 10.2. The SMILES string of the molecule is O=[N+]([O-])c1cc(F)ccc1Oc1c(F)cc(C(F)(F)F)cc1F. The number of ether oxygens (including phenoxy) is 1. The number of nitro benzene ring substituents is 1. The van der Waals surface area contributed by atoms with Crippen LogP contribution < -0.4 is 4.74 Å². The van der Waals surface area contributed by atoms with E-state index in [0.717, 1.165) is 12.1 Å². The van der Waals surface area contributed by atoms with E-state index in [1.807, 2.05) is 0 Å². The highest BCUT2D eigenvalue weighted by Gasteiger charge is 2.33. The summed E-state index contributed by atoms with van der Waals surface area (Å²) in [7, 11) is 0. The van der Waals surface area contributed by atoms with Crippen molar-refractivity contribution in [3.8, 4) is 11.5 Å². The average Bonchev–Trinajstić information content (AvgIpc) is 2.42. The quantitative estimate of drug-likeness (QED) is 0.458. The Hall–Kier alpha value is -2.78. The van der Waals surface area contributed by atoms with Crippen molar-refractivity contribution in [1.82, 2.24) is 0 Å². The molecule has 0 unspecified atom stereocenters. The van der Waals surface area contributed by atoms with Crippen LogP contribution in [0.2, 0.25) is 0 Å². The first-order valence-electron chi connectivity index (χ1n) is 5.77. The van der Waals surface area contributed by atoms with Gasteiger partial charge >= 0.3 is 11.9 Å². The van der Waals surface area contributed by atoms with Crippen LogP contribution in [0, 0.1) is 27.6 Å². The zero-order valence-corrected chi connectivity index (χ0v) is 10.8. The molecule has 0 fully saturated rings. The van der Waals surface area contributed by atoms with Gasteiger partial charge in [0.15, 0.2) is 17.4 Å². The molecule has 0 atom stereocenters. The molecule has 23 heavy (non-hydrogen) atoms. The molecule has 0 amide bonds. The Labute approximate surface area is 124 Å². The number of halogens is 6. The van der Waals surface area contributed by atoms with Crippen LogP contribution in [0.15, 0.2) is 30.3 Å². The summed E-state index contributed by atoms with van der Waals surface area (Å²) in [5, 5.41) is 10.7. The van der Waals surface area contributed by atoms with Gasteiger partial charge in [0.2, 0.25) is 5.75 Å². The lowest BCUT2D eigenvalue weighted by molar-refractivity contribution is -0.385. The van der Waals surface area contributed by atoms with E-state index >= 15 is 0 Å². The third-order valence-electron chi connectivity index (χ3n) is 2.66. The number of nitro groups is 1. The summed E-state index contributed by atoms with van der Waals surface area (Å²) in [6.07, 6.45) is -4.98. The first-order valence-corrected chi connectivity index (χ1v) is 5.77. The lowest BCUT2D eigenvalue weighted by Gasteiger charge is -2.11. The molecule has 2 rings (SSSR count). The van der Waals surface area contributed by atoms with Gasteiger partial charge in [0, 0.05) is 0 Å². The molecule has 0 spiro atoms. The second-order valence-electron chi connectivity index (χ2n) is 4.24. The van der Waals surface area contributed by atoms with Crippen LogP contribution in [-0.4, -0.2) is 4.92 Å². The number of hydrogen-bond acceptors (Lipinski definition) is 3. The zero-order valence-electron chi connectivity index (χ0n) is 10.8. The number of benzene rings is 2. The van der Waals surface area contributed by atoms with Gasteiger partial charge in [0.1, 0.15) is 5.82 Å². The second kappa shape index (κ2) is 5.78. The van der Waals surface area contributed by atoms with Gasteiger partial charge in [-0.05, 0) is 24.3 Å². The molecule has 0 saturated heterocycles. The maximum atomic E-state index is 13.6. The minimum absolute atomic E-state index is 0.0201. The fraction of sp³-hybridized carbons (Fsp3) is 0.0769. The average molecular weight is 337 g/mol. The largest absolute Gasteiger partial charge is 0.444 e. The Balaban J connectivity index is 2.48. The number of rotatable bonds is 3. The van der Waals surface area contributed by atoms with Crippen LogP contribution in [0.4, 0.5) is 32.0 Å². The zero-order chi connectivity index (χ0) is 17.4. The minimum Gasteiger partial charge on any atom is -0.444 e. The predicted molar refractivity (Wildman–Crippen MR) is 64.5 cm³/mol. The summed E-state index contributed by atoms with van der Waals surface area (Å²) in [5.41, 5.74) is -2.53. The van der Waals surface area contributed by atoms with Crippen molar-refractivity contribution in [3.63, 3.8) is 0 Å². The Morgan fingerprint density at radius 2 is 1.57 bits per heavy atom. The molecular weight excluding hydrogens is 332 g/mol. The highest BCUT2D eigenvalue weighted by atomic mass is 19.4. The van der Waals surface area contributed by atoms with E-state index in [1.165, 1.54) is 0 Å². The topological polar surface area (TPSA) is 52.4 Å². The predicted octanol–water partition coefficient (Wildman–Crippen LogP) is 4.82. The molecule has 2 aromatic rings. The molecule has 0 N–H and O–H groups in total. The van der Waals surface area contributed by atoms with Gasteiger partial charge in [0.05, 0.1) is 16.6 Å². The van der Waals surface area contributed by atoms with E-state index in [4.69, 9.17) is 0 Å². The number of nitrogens with zero attached hydrogens (tertiary/aromatic N) is 1. The van der Waals surface area contributed by atoms with Gasteiger partial charge in [-0.25, -0.2) is 13.2 Å². The van der Waals surface area contributed by atoms with Crippen LogP contribution in [0.1, 0.15) is 5.56 Å². The highest BCUT2D eigenvalue weighted by Crippen LogP contribution is 2.37. The first-order chi connectivity index (χ1) is 10.6. The van der Waals surface area contributed by atoms with Crippen LogP contribution in [-0.2, 0) is 6.18 Å². The fourth-order valence-corrected chi connectivity index (χ4v) is 1.65. The highest BCUT2D eigenvalue weighted by molar-refractivity contribution is 5.49. The smallest absolute Gasteiger partial charge is 0.416 e. The van der Waals surface area contributed by atoms with E-state index in [-0.39, 0.29) is 12.1 Å². The summed E-state index contributed by atoms with van der Waals surface area (Å²) >= 11 is 0. The molecule has 0 saturated carbocycles. The van der Waals surface area contributed by atoms with Gasteiger partial charge in [-0.15, -0.1) is 0 Å². The molecule has 0 heterocycles. The fourth-order valence-electron chi connectivity index (χ4n) is 1.65. The van der Waals surface area contributed by atoms with Crippen molar-refractivity contribution in [3.05, 3.63) is 63.5 Å². The summed E-state index contributed by atoms with van der Waals surface area (Å²) in [6, 6.07) is 1.85. The molecule has 122 valence electrons. The summed E-state index contributed by atoms with van der Waals surface area (Å²) < 4.78 is 82.1. The van der Waals surface area contributed by atoms with Gasteiger partial charge in [-0.2, -0.15) is 13.2 Å². The van der Waals surface area contributed by atoms with Crippen LogP contribution >= 0.6 is 0 Å². The van der Waals surface area contributed by atoms with Gasteiger partial charge in [0.25, 0.3) is 0 Å². The Morgan fingerprint density at radius 3 is 2.04 bits per heavy atom. The van der Waals surface area contributed by atoms with Crippen molar-refractivity contribution in [1.29, 1.82) is 0 Å². The van der Waals surface area contributed by atoms with Crippen molar-refractivity contribution in [2.24, 2.45) is 0 Å². The Morgan fingerprint density at radius 1 is 1.00 bits per heavy atom. The third kappa shape index (κ3) is 3.52. The Kier molecular flexibility index (Phi) is 4.17. The monoisotopic (exact) mass is 337 g/mol. The van der Waals surface area contributed by atoms with E-state index in [9.17, 15) is 36.5 Å². The van der Waals surface area contributed by atoms with Crippen LogP contribution in [0.25, 0.3) is 0 Å². The number of hydrogen-bond donors (Lipinski definition) is 0. The molecule has 4 nitrogen and oxygen atoms in total. The maximum Gasteiger partial charge on any atom is 0.416 e. The molecule has 2 aromatic carbocycles. The number of alkyl halides is 3. The molecule has 0 aliphatic carbocycles. The molecule has 0 aliphatic heterocycles. The Bertz CT molecular complexity index is 752. The summed E-state index contributed by atoms with van der Waals surface area (Å²) in [6.45, 7) is 0. The van der Waals surface area contributed by atoms with Gasteiger partial charge in [-0.3, -0.25) is 10.1 Å². The molecule has 0 aromatic heterocycles. The van der Waals surface area contributed by atoms with Gasteiger partial charge in [-0.1, -0.05) is 0 Å². The minimum atomic E-state index is -4.98. The van der Waals surface area contributed by atoms with Crippen molar-refractivity contribution in [2.75, 3.05) is 0 Å². The van der Waals surface area contributed by atoms with Crippen molar-refractivity contribution >= 4 is 5.69 Å². The second-order valence-corrected chi connectivity index (χ2v) is 4.24. The van der Waals surface area contributed by atoms with E-state index in [1.54, 1.807) is 0 Å². The van der Waals surface area contributed by atoms with E-state index in [0.29, 0.717) is 6.07 Å². The molecule has 0 bridgehead atoms. The van der Waals surface area contributed by atoms with E-state index < -0.39 is 51.3 Å². The van der Waals surface area contributed by atoms with Gasteiger partial charge < -0.3 is 4.74 Å². The summed E-state index contributed by atoms with van der Waals surface area (Å²) in [4.78, 5) is 9.67. The molecule has 0 radical (unpaired) electrons. The third-order valence-corrected chi connectivity index (χ3v) is 2.66. The van der Waals surface area contributed by atoms with Crippen molar-refractivity contribution in [2.45, 2.75) is 6.18 Å². The summed E-state index contributed by atoms with van der Waals surface area (Å²) in [5.74, 6) is -6.43. The van der Waals surface area contributed by atoms with Crippen molar-refractivity contribution < 1.29 is 36.0 Å². The maximum absolute atomic E-state index is 13.6. The van der Waals surface area contributed by atoms with Crippen LogP contribution in [0.3, 0.4) is 0 Å². The lowest BCUT2D eigenvalue weighted by Crippen LogP contribution is -2.07. The molecule has 0 aliphatic rings. The van der Waals surface area contributed by atoms with E-state index in [2.05, 4.69) is 4.74 Å². The normalized spacial score (nSPS) is 11.4. The van der Waals surface area contributed by atoms with Crippen LogP contribution in [0.5, 0.6) is 11.5 Å².